The second kappa shape index (κ2) is 2.60. The molecule has 3 N–H and O–H groups in total. The molecule has 0 saturated heterocycles. The zero-order valence-electron chi connectivity index (χ0n) is 5.96. The van der Waals surface area contributed by atoms with Gasteiger partial charge in [0.15, 0.2) is 0 Å². The number of aromatic hydroxyl groups is 1. The zero-order chi connectivity index (χ0) is 7.56. The molecule has 1 aromatic carbocycles. The summed E-state index contributed by atoms with van der Waals surface area (Å²) in [5, 5.41) is 9.18. The molecule has 10 heavy (non-hydrogen) atoms. The lowest BCUT2D eigenvalue weighted by Gasteiger charge is -2.00. The molecule has 0 aliphatic heterocycles. The Morgan fingerprint density at radius 1 is 1.50 bits per heavy atom. The number of aryl methyl sites for hydroxylation is 1. The van der Waals surface area contributed by atoms with Gasteiger partial charge in [0.25, 0.3) is 0 Å². The second-order valence-electron chi connectivity index (χ2n) is 2.24. The van der Waals surface area contributed by atoms with E-state index in [-0.39, 0.29) is 0 Å². The van der Waals surface area contributed by atoms with E-state index in [9.17, 15) is 5.11 Å². The van der Waals surface area contributed by atoms with Gasteiger partial charge in [-0.2, -0.15) is 0 Å². The fourth-order valence-electron chi connectivity index (χ4n) is 0.889. The summed E-state index contributed by atoms with van der Waals surface area (Å²) < 4.78 is 0. The normalized spacial score (nSPS) is 9.70. The average Bonchev–Trinajstić information content (AvgIpc) is 1.94. The fourth-order valence-corrected chi connectivity index (χ4v) is 0.889. The van der Waals surface area contributed by atoms with Gasteiger partial charge in [0.1, 0.15) is 5.75 Å². The van der Waals surface area contributed by atoms with Crippen LogP contribution in [0.1, 0.15) is 12.5 Å². The quantitative estimate of drug-likeness (QED) is 0.455. The van der Waals surface area contributed by atoms with E-state index in [1.165, 1.54) is 0 Å². The first-order valence-corrected chi connectivity index (χ1v) is 3.31. The van der Waals surface area contributed by atoms with Crippen molar-refractivity contribution in [3.63, 3.8) is 0 Å². The van der Waals surface area contributed by atoms with Gasteiger partial charge < -0.3 is 10.8 Å². The number of nitrogen functional groups attached to an aromatic ring is 1. The van der Waals surface area contributed by atoms with Crippen LogP contribution in [0.15, 0.2) is 18.2 Å². The molecule has 2 heteroatoms. The molecule has 0 fully saturated rings. The number of phenolic OH excluding ortho intramolecular Hbond substituents is 1. The molecule has 0 aliphatic rings. The average molecular weight is 137 g/mol. The molecule has 1 aromatic rings. The van der Waals surface area contributed by atoms with Gasteiger partial charge in [-0.1, -0.05) is 6.92 Å². The lowest BCUT2D eigenvalue weighted by atomic mass is 10.1. The third-order valence-electron chi connectivity index (χ3n) is 1.48. The summed E-state index contributed by atoms with van der Waals surface area (Å²) in [4.78, 5) is 0. The van der Waals surface area contributed by atoms with Crippen molar-refractivity contribution < 1.29 is 5.11 Å². The Labute approximate surface area is 60.3 Å². The van der Waals surface area contributed by atoms with Crippen LogP contribution in [0.25, 0.3) is 0 Å². The maximum atomic E-state index is 9.18. The molecule has 54 valence electrons. The van der Waals surface area contributed by atoms with Gasteiger partial charge in [-0.25, -0.2) is 0 Å². The number of hydrogen-bond donors (Lipinski definition) is 2. The van der Waals surface area contributed by atoms with Gasteiger partial charge in [-0.15, -0.1) is 0 Å². The van der Waals surface area contributed by atoms with Gasteiger partial charge in [0.05, 0.1) is 0 Å². The van der Waals surface area contributed by atoms with E-state index in [0.29, 0.717) is 11.4 Å². The minimum atomic E-state index is 0.330. The molecule has 0 unspecified atom stereocenters. The van der Waals surface area contributed by atoms with E-state index in [1.54, 1.807) is 18.2 Å². The molecule has 0 spiro atoms. The summed E-state index contributed by atoms with van der Waals surface area (Å²) in [5.41, 5.74) is 7.10. The largest absolute Gasteiger partial charge is 0.508 e. The predicted molar refractivity (Wildman–Crippen MR) is 41.9 cm³/mol. The summed E-state index contributed by atoms with van der Waals surface area (Å²) >= 11 is 0. The van der Waals surface area contributed by atoms with Crippen LogP contribution >= 0.6 is 0 Å². The first-order chi connectivity index (χ1) is 4.74. The Morgan fingerprint density at radius 2 is 2.20 bits per heavy atom. The summed E-state index contributed by atoms with van der Waals surface area (Å²) in [6.45, 7) is 1.98. The van der Waals surface area contributed by atoms with E-state index in [1.807, 2.05) is 6.92 Å². The van der Waals surface area contributed by atoms with Gasteiger partial charge in [-0.3, -0.25) is 0 Å². The van der Waals surface area contributed by atoms with Crippen LogP contribution in [0.4, 0.5) is 5.69 Å². The van der Waals surface area contributed by atoms with E-state index in [4.69, 9.17) is 5.73 Å². The Morgan fingerprint density at radius 3 is 2.70 bits per heavy atom. The molecular formula is C8H11NO. The first-order valence-electron chi connectivity index (χ1n) is 3.31. The van der Waals surface area contributed by atoms with E-state index >= 15 is 0 Å². The first kappa shape index (κ1) is 6.93. The second-order valence-corrected chi connectivity index (χ2v) is 2.24. The predicted octanol–water partition coefficient (Wildman–Crippen LogP) is 1.54. The van der Waals surface area contributed by atoms with Crippen molar-refractivity contribution in [2.24, 2.45) is 0 Å². The molecule has 0 bridgehead atoms. The number of hydrogen-bond acceptors (Lipinski definition) is 2. The van der Waals surface area contributed by atoms with E-state index in [2.05, 4.69) is 0 Å². The topological polar surface area (TPSA) is 46.2 Å². The van der Waals surface area contributed by atoms with Crippen LogP contribution in [0, 0.1) is 0 Å². The molecule has 0 aromatic heterocycles. The standard InChI is InChI=1S/C8H11NO/c1-2-6-5-7(9)3-4-8(6)10/h3-5,10H,2,9H2,1H3. The summed E-state index contributed by atoms with van der Waals surface area (Å²) in [6.07, 6.45) is 0.816. The van der Waals surface area contributed by atoms with Crippen molar-refractivity contribution in [3.05, 3.63) is 23.8 Å². The lowest BCUT2D eigenvalue weighted by molar-refractivity contribution is 0.469. The zero-order valence-corrected chi connectivity index (χ0v) is 5.96. The minimum Gasteiger partial charge on any atom is -0.508 e. The Hall–Kier alpha value is -1.18. The van der Waals surface area contributed by atoms with Gasteiger partial charge in [0, 0.05) is 5.69 Å². The number of rotatable bonds is 1. The minimum absolute atomic E-state index is 0.330. The Balaban J connectivity index is 3.09. The maximum absolute atomic E-state index is 9.18. The van der Waals surface area contributed by atoms with Gasteiger partial charge >= 0.3 is 0 Å². The molecule has 1 rings (SSSR count). The van der Waals surface area contributed by atoms with E-state index < -0.39 is 0 Å². The molecule has 0 saturated carbocycles. The van der Waals surface area contributed by atoms with Crippen molar-refractivity contribution in [2.45, 2.75) is 13.3 Å². The Bertz CT molecular complexity index is 233. The molecule has 0 aliphatic carbocycles. The highest BCUT2D eigenvalue weighted by Gasteiger charge is 1.96. The van der Waals surface area contributed by atoms with Crippen LogP contribution in [-0.4, -0.2) is 5.11 Å². The molecule has 0 amide bonds. The summed E-state index contributed by atoms with van der Waals surface area (Å²) in [7, 11) is 0. The molecule has 0 heterocycles. The molecule has 0 atom stereocenters. The number of phenols is 1. The summed E-state index contributed by atoms with van der Waals surface area (Å²) in [6, 6.07) is 5.10. The SMILES string of the molecule is CCc1cc(N)ccc1O. The Kier molecular flexibility index (Phi) is 1.81. The van der Waals surface area contributed by atoms with Crippen LogP contribution in [0.2, 0.25) is 0 Å². The van der Waals surface area contributed by atoms with Crippen LogP contribution < -0.4 is 5.73 Å². The van der Waals surface area contributed by atoms with Crippen LogP contribution in [0.3, 0.4) is 0 Å². The van der Waals surface area contributed by atoms with Gasteiger partial charge in [0.2, 0.25) is 0 Å². The highest BCUT2D eigenvalue weighted by atomic mass is 16.3. The maximum Gasteiger partial charge on any atom is 0.118 e. The van der Waals surface area contributed by atoms with E-state index in [0.717, 1.165) is 12.0 Å². The van der Waals surface area contributed by atoms with Crippen molar-refractivity contribution in [2.75, 3.05) is 5.73 Å². The smallest absolute Gasteiger partial charge is 0.118 e. The molecule has 0 radical (unpaired) electrons. The van der Waals surface area contributed by atoms with Crippen molar-refractivity contribution in [1.82, 2.24) is 0 Å². The summed E-state index contributed by atoms with van der Waals surface area (Å²) in [5.74, 6) is 0.330. The lowest BCUT2D eigenvalue weighted by Crippen LogP contribution is -1.87. The monoisotopic (exact) mass is 137 g/mol. The van der Waals surface area contributed by atoms with Crippen LogP contribution in [-0.2, 0) is 6.42 Å². The molecule has 2 nitrogen and oxygen atoms in total. The van der Waals surface area contributed by atoms with Crippen molar-refractivity contribution in [3.8, 4) is 5.75 Å². The fraction of sp³-hybridized carbons (Fsp3) is 0.250. The van der Waals surface area contributed by atoms with Gasteiger partial charge in [-0.05, 0) is 30.2 Å². The highest BCUT2D eigenvalue weighted by Crippen LogP contribution is 2.19. The molecular weight excluding hydrogens is 126 g/mol. The third kappa shape index (κ3) is 1.21. The van der Waals surface area contributed by atoms with Crippen molar-refractivity contribution >= 4 is 5.69 Å². The highest BCUT2D eigenvalue weighted by molar-refractivity contribution is 5.47. The van der Waals surface area contributed by atoms with Crippen LogP contribution in [0.5, 0.6) is 5.75 Å². The number of benzene rings is 1. The van der Waals surface area contributed by atoms with Crippen molar-refractivity contribution in [1.29, 1.82) is 0 Å². The number of anilines is 1. The third-order valence-corrected chi connectivity index (χ3v) is 1.48. The number of nitrogens with two attached hydrogens (primary N) is 1.